The van der Waals surface area contributed by atoms with E-state index >= 15 is 0 Å². The number of aromatic nitrogens is 3. The molecule has 0 amide bonds. The summed E-state index contributed by atoms with van der Waals surface area (Å²) in [4.78, 5) is 14.5. The van der Waals surface area contributed by atoms with Crippen molar-refractivity contribution in [2.24, 2.45) is 0 Å². The number of hydrogen-bond acceptors (Lipinski definition) is 5. The van der Waals surface area contributed by atoms with Crippen LogP contribution < -0.4 is 0 Å². The number of fused-ring (bicyclic) bond motifs is 1. The zero-order valence-electron chi connectivity index (χ0n) is 21.4. The Morgan fingerprint density at radius 3 is 1.76 bits per heavy atom. The van der Waals surface area contributed by atoms with Crippen LogP contribution in [0.2, 0.25) is 0 Å². The van der Waals surface area contributed by atoms with E-state index in [1.807, 2.05) is 97.1 Å². The predicted molar refractivity (Wildman–Crippen MR) is 166 cm³/mol. The third kappa shape index (κ3) is 5.29. The Bertz CT molecular complexity index is 1880. The van der Waals surface area contributed by atoms with E-state index in [2.05, 4.69) is 35.3 Å². The quantitative estimate of drug-likeness (QED) is 0.231. The molecule has 0 fully saturated rings. The van der Waals surface area contributed by atoms with E-state index in [9.17, 15) is 5.11 Å². The topological polar surface area (TPSA) is 72.0 Å². The second-order valence-electron chi connectivity index (χ2n) is 9.49. The van der Waals surface area contributed by atoms with Crippen LogP contribution in [0.1, 0.15) is 0 Å². The molecule has 2 aromatic heterocycles. The molecule has 0 unspecified atom stereocenters. The van der Waals surface area contributed by atoms with Crippen molar-refractivity contribution in [1.29, 1.82) is 0 Å². The van der Waals surface area contributed by atoms with Crippen molar-refractivity contribution in [3.63, 3.8) is 0 Å². The van der Waals surface area contributed by atoms with Crippen molar-refractivity contribution < 1.29 is 9.52 Å². The molecule has 2 heterocycles. The van der Waals surface area contributed by atoms with Crippen molar-refractivity contribution in [2.75, 3.05) is 0 Å². The number of hydrogen-bond donors (Lipinski definition) is 1. The molecule has 0 bridgehead atoms. The van der Waals surface area contributed by atoms with Gasteiger partial charge in [-0.15, -0.1) is 0 Å². The molecule has 41 heavy (non-hydrogen) atoms. The van der Waals surface area contributed by atoms with Crippen LogP contribution in [0.4, 0.5) is 0 Å². The molecule has 192 valence electrons. The summed E-state index contributed by atoms with van der Waals surface area (Å²) in [6.45, 7) is 0. The summed E-state index contributed by atoms with van der Waals surface area (Å²) in [5.41, 5.74) is 8.50. The van der Waals surface area contributed by atoms with E-state index in [0.29, 0.717) is 22.9 Å². The first-order valence-electron chi connectivity index (χ1n) is 13.0. The number of nitrogens with zero attached hydrogens (tertiary/aromatic N) is 3. The summed E-state index contributed by atoms with van der Waals surface area (Å²) >= 11 is 0. The summed E-state index contributed by atoms with van der Waals surface area (Å²) in [7, 11) is 0. The normalized spacial score (nSPS) is 10.8. The van der Waals surface area contributed by atoms with E-state index < -0.39 is 0 Å². The fraction of sp³-hybridized carbons (Fsp3) is 0. The zero-order chi connectivity index (χ0) is 26.9. The summed E-state index contributed by atoms with van der Waals surface area (Å²) in [6.07, 6.45) is 0. The van der Waals surface area contributed by atoms with E-state index in [4.69, 9.17) is 14.4 Å². The van der Waals surface area contributed by atoms with Crippen molar-refractivity contribution in [3.8, 4) is 62.2 Å². The van der Waals surface area contributed by atoms with E-state index in [1.54, 1.807) is 6.07 Å². The summed E-state index contributed by atoms with van der Waals surface area (Å²) in [5.74, 6) is 1.13. The van der Waals surface area contributed by atoms with Gasteiger partial charge in [0.2, 0.25) is 5.89 Å². The third-order valence-corrected chi connectivity index (χ3v) is 6.84. The number of phenolic OH excluding ortho intramolecular Hbond substituents is 1. The van der Waals surface area contributed by atoms with Gasteiger partial charge in [0.1, 0.15) is 11.3 Å². The second kappa shape index (κ2) is 11.3. The molecule has 0 aliphatic carbocycles. The second-order valence-corrected chi connectivity index (χ2v) is 9.49. The van der Waals surface area contributed by atoms with Gasteiger partial charge >= 0.3 is 18.9 Å². The van der Waals surface area contributed by atoms with Crippen LogP contribution in [0.5, 0.6) is 5.75 Å². The Kier molecular flexibility index (Phi) is 7.22. The third-order valence-electron chi connectivity index (χ3n) is 6.84. The minimum atomic E-state index is 0. The van der Waals surface area contributed by atoms with Crippen molar-refractivity contribution in [1.82, 2.24) is 15.0 Å². The molecule has 0 radical (unpaired) electrons. The first kappa shape index (κ1) is 26.3. The van der Waals surface area contributed by atoms with Crippen LogP contribution in [0.15, 0.2) is 138 Å². The standard InChI is InChI=1S/C35H23N3O2.Li.H/c39-32-19-18-26(21-28(32)35-38-29-16-7-8-17-33(29)40-35)25-14-9-15-27(20-25)34-36-30(23-10-3-1-4-11-23)22-31(37-34)24-12-5-2-6-13-24;;/h1-22,39H;;. The van der Waals surface area contributed by atoms with Crippen LogP contribution >= 0.6 is 0 Å². The number of benzene rings is 5. The molecule has 7 aromatic rings. The number of oxazole rings is 1. The molecule has 0 aliphatic heterocycles. The molecule has 0 aliphatic rings. The van der Waals surface area contributed by atoms with Gasteiger partial charge in [0.15, 0.2) is 11.4 Å². The van der Waals surface area contributed by atoms with Gasteiger partial charge in [0, 0.05) is 16.7 Å². The zero-order valence-corrected chi connectivity index (χ0v) is 21.4. The van der Waals surface area contributed by atoms with Gasteiger partial charge in [-0.05, 0) is 47.5 Å². The van der Waals surface area contributed by atoms with Crippen molar-refractivity contribution in [2.45, 2.75) is 0 Å². The molecule has 5 nitrogen and oxygen atoms in total. The Hall–Kier alpha value is -4.95. The van der Waals surface area contributed by atoms with Crippen LogP contribution in [-0.4, -0.2) is 38.9 Å². The molecule has 6 heteroatoms. The van der Waals surface area contributed by atoms with Gasteiger partial charge < -0.3 is 9.52 Å². The van der Waals surface area contributed by atoms with Crippen molar-refractivity contribution >= 4 is 30.0 Å². The predicted octanol–water partition coefficient (Wildman–Crippen LogP) is 8.01. The van der Waals surface area contributed by atoms with E-state index in [-0.39, 0.29) is 24.6 Å². The number of rotatable bonds is 5. The molecule has 0 saturated heterocycles. The first-order chi connectivity index (χ1) is 19.7. The summed E-state index contributed by atoms with van der Waals surface area (Å²) in [6, 6.07) is 43.5. The maximum atomic E-state index is 10.7. The Balaban J connectivity index is 0.00000302. The van der Waals surface area contributed by atoms with E-state index in [0.717, 1.165) is 44.7 Å². The van der Waals surface area contributed by atoms with Gasteiger partial charge in [-0.3, -0.25) is 0 Å². The van der Waals surface area contributed by atoms with Crippen molar-refractivity contribution in [3.05, 3.63) is 133 Å². The van der Waals surface area contributed by atoms with Crippen LogP contribution in [-0.2, 0) is 0 Å². The molecule has 0 atom stereocenters. The summed E-state index contributed by atoms with van der Waals surface area (Å²) < 4.78 is 5.94. The first-order valence-corrected chi connectivity index (χ1v) is 13.0. The number of para-hydroxylation sites is 2. The molecule has 0 saturated carbocycles. The molecule has 5 aromatic carbocycles. The monoisotopic (exact) mass is 525 g/mol. The van der Waals surface area contributed by atoms with Gasteiger partial charge in [0.05, 0.1) is 17.0 Å². The summed E-state index contributed by atoms with van der Waals surface area (Å²) in [5, 5.41) is 10.7. The molecular weight excluding hydrogens is 501 g/mol. The fourth-order valence-corrected chi connectivity index (χ4v) is 4.80. The van der Waals surface area contributed by atoms with Gasteiger partial charge in [0.25, 0.3) is 0 Å². The SMILES string of the molecule is Oc1ccc(-c2cccc(-c3nc(-c4ccccc4)cc(-c4ccccc4)n3)c2)cc1-c1nc2ccccc2o1.[LiH]. The van der Waals surface area contributed by atoms with Crippen LogP contribution in [0.25, 0.3) is 67.6 Å². The average Bonchev–Trinajstić information content (AvgIpc) is 3.46. The average molecular weight is 526 g/mol. The maximum absolute atomic E-state index is 10.7. The molecular formula is C35H24LiN3O2. The Labute approximate surface area is 249 Å². The van der Waals surface area contributed by atoms with Gasteiger partial charge in [-0.2, -0.15) is 0 Å². The fourth-order valence-electron chi connectivity index (χ4n) is 4.80. The molecule has 7 rings (SSSR count). The molecule has 1 N–H and O–H groups in total. The Morgan fingerprint density at radius 1 is 0.488 bits per heavy atom. The minimum absolute atomic E-state index is 0. The number of aromatic hydroxyl groups is 1. The van der Waals surface area contributed by atoms with E-state index in [1.165, 1.54) is 0 Å². The number of phenols is 1. The van der Waals surface area contributed by atoms with Crippen LogP contribution in [0.3, 0.4) is 0 Å². The Morgan fingerprint density at radius 2 is 1.07 bits per heavy atom. The van der Waals surface area contributed by atoms with Crippen LogP contribution in [0, 0.1) is 0 Å². The van der Waals surface area contributed by atoms with Gasteiger partial charge in [-0.1, -0.05) is 97.1 Å². The molecule has 0 spiro atoms. The van der Waals surface area contributed by atoms with Gasteiger partial charge in [-0.25, -0.2) is 15.0 Å².